The lowest BCUT2D eigenvalue weighted by Crippen LogP contribution is -2.19. The Labute approximate surface area is 106 Å². The summed E-state index contributed by atoms with van der Waals surface area (Å²) in [5.74, 6) is 0. The van der Waals surface area contributed by atoms with Crippen molar-refractivity contribution in [1.29, 1.82) is 0 Å². The summed E-state index contributed by atoms with van der Waals surface area (Å²) >= 11 is 0. The molecule has 0 bridgehead atoms. The van der Waals surface area contributed by atoms with Gasteiger partial charge in [0.05, 0.1) is 17.4 Å². The standard InChI is InChI=1S/C10H8F3N3O2S/c11-10(12,13)7-3-1-2-4-8(7)16-9(5-6-15-16)19(14,17)18/h1-6H,(H2,14,17,18). The van der Waals surface area contributed by atoms with E-state index < -0.39 is 32.5 Å². The highest BCUT2D eigenvalue weighted by Crippen LogP contribution is 2.34. The van der Waals surface area contributed by atoms with Crippen LogP contribution in [0.15, 0.2) is 41.6 Å². The zero-order chi connectivity index (χ0) is 14.3. The minimum Gasteiger partial charge on any atom is -0.223 e. The molecule has 0 aliphatic rings. The molecule has 2 N–H and O–H groups in total. The fourth-order valence-electron chi connectivity index (χ4n) is 1.59. The molecule has 0 atom stereocenters. The van der Waals surface area contributed by atoms with E-state index in [4.69, 9.17) is 5.14 Å². The maximum absolute atomic E-state index is 12.8. The van der Waals surface area contributed by atoms with Crippen LogP contribution < -0.4 is 5.14 Å². The van der Waals surface area contributed by atoms with Crippen LogP contribution in [0.4, 0.5) is 13.2 Å². The van der Waals surface area contributed by atoms with Crippen LogP contribution >= 0.6 is 0 Å². The molecule has 9 heteroatoms. The maximum atomic E-state index is 12.8. The van der Waals surface area contributed by atoms with Crippen LogP contribution in [-0.4, -0.2) is 18.2 Å². The van der Waals surface area contributed by atoms with E-state index in [0.29, 0.717) is 4.68 Å². The monoisotopic (exact) mass is 291 g/mol. The minimum absolute atomic E-state index is 0.399. The molecule has 0 aliphatic heterocycles. The number of sulfonamides is 1. The van der Waals surface area contributed by atoms with Gasteiger partial charge in [-0.05, 0) is 18.2 Å². The van der Waals surface area contributed by atoms with Crippen LogP contribution in [0, 0.1) is 0 Å². The van der Waals surface area contributed by atoms with Crippen LogP contribution in [-0.2, 0) is 16.2 Å². The average Bonchev–Trinajstić information content (AvgIpc) is 2.76. The van der Waals surface area contributed by atoms with Crippen molar-refractivity contribution < 1.29 is 21.6 Å². The molecule has 0 amide bonds. The molecule has 19 heavy (non-hydrogen) atoms. The van der Waals surface area contributed by atoms with E-state index in [1.165, 1.54) is 12.1 Å². The van der Waals surface area contributed by atoms with Crippen molar-refractivity contribution in [2.45, 2.75) is 11.2 Å². The summed E-state index contributed by atoms with van der Waals surface area (Å²) in [6.45, 7) is 0. The fraction of sp³-hybridized carbons (Fsp3) is 0.100. The number of nitrogens with zero attached hydrogens (tertiary/aromatic N) is 2. The second-order valence-electron chi connectivity index (χ2n) is 3.64. The van der Waals surface area contributed by atoms with E-state index >= 15 is 0 Å². The molecule has 1 aromatic carbocycles. The van der Waals surface area contributed by atoms with Gasteiger partial charge in [-0.2, -0.15) is 18.3 Å². The predicted molar refractivity (Wildman–Crippen MR) is 59.9 cm³/mol. The van der Waals surface area contributed by atoms with Crippen molar-refractivity contribution in [2.75, 3.05) is 0 Å². The topological polar surface area (TPSA) is 78.0 Å². The van der Waals surface area contributed by atoms with Gasteiger partial charge < -0.3 is 0 Å². The Morgan fingerprint density at radius 3 is 2.37 bits per heavy atom. The first kappa shape index (κ1) is 13.6. The predicted octanol–water partition coefficient (Wildman–Crippen LogP) is 1.54. The van der Waals surface area contributed by atoms with Crippen molar-refractivity contribution in [3.63, 3.8) is 0 Å². The quantitative estimate of drug-likeness (QED) is 0.911. The Kier molecular flexibility index (Phi) is 3.11. The molecule has 0 unspecified atom stereocenters. The van der Waals surface area contributed by atoms with E-state index in [2.05, 4.69) is 5.10 Å². The van der Waals surface area contributed by atoms with E-state index in [-0.39, 0.29) is 0 Å². The fourth-order valence-corrected chi connectivity index (χ4v) is 2.22. The number of primary sulfonamides is 1. The van der Waals surface area contributed by atoms with Crippen molar-refractivity contribution in [1.82, 2.24) is 9.78 Å². The Morgan fingerprint density at radius 2 is 1.79 bits per heavy atom. The van der Waals surface area contributed by atoms with Crippen LogP contribution in [0.3, 0.4) is 0 Å². The molecule has 0 radical (unpaired) electrons. The minimum atomic E-state index is -4.63. The van der Waals surface area contributed by atoms with Crippen LogP contribution in [0.5, 0.6) is 0 Å². The molecule has 0 aliphatic carbocycles. The Morgan fingerprint density at radius 1 is 1.16 bits per heavy atom. The summed E-state index contributed by atoms with van der Waals surface area (Å²) in [5.41, 5.74) is -1.40. The molecular weight excluding hydrogens is 283 g/mol. The van der Waals surface area contributed by atoms with Crippen LogP contribution in [0.25, 0.3) is 5.69 Å². The van der Waals surface area contributed by atoms with E-state index in [0.717, 1.165) is 24.4 Å². The number of aromatic nitrogens is 2. The van der Waals surface area contributed by atoms with E-state index in [1.807, 2.05) is 0 Å². The number of benzene rings is 1. The van der Waals surface area contributed by atoms with Gasteiger partial charge in [-0.3, -0.25) is 0 Å². The molecule has 1 aromatic heterocycles. The van der Waals surface area contributed by atoms with Crippen molar-refractivity contribution in [2.24, 2.45) is 5.14 Å². The lowest BCUT2D eigenvalue weighted by atomic mass is 10.2. The zero-order valence-electron chi connectivity index (χ0n) is 9.29. The Bertz CT molecular complexity index is 707. The smallest absolute Gasteiger partial charge is 0.223 e. The maximum Gasteiger partial charge on any atom is 0.418 e. The lowest BCUT2D eigenvalue weighted by Gasteiger charge is -2.13. The lowest BCUT2D eigenvalue weighted by molar-refractivity contribution is -0.137. The first-order chi connectivity index (χ1) is 8.71. The van der Waals surface area contributed by atoms with Gasteiger partial charge in [0.1, 0.15) is 0 Å². The largest absolute Gasteiger partial charge is 0.418 e. The molecule has 0 saturated heterocycles. The molecular formula is C10H8F3N3O2S. The summed E-state index contributed by atoms with van der Waals surface area (Å²) in [4.78, 5) is 0. The first-order valence-corrected chi connectivity index (χ1v) is 6.49. The number of hydrogen-bond acceptors (Lipinski definition) is 3. The summed E-state index contributed by atoms with van der Waals surface area (Å²) in [6.07, 6.45) is -3.56. The Hall–Kier alpha value is -1.87. The van der Waals surface area contributed by atoms with Gasteiger partial charge in [-0.15, -0.1) is 0 Å². The number of nitrogens with two attached hydrogens (primary N) is 1. The SMILES string of the molecule is NS(=O)(=O)c1ccnn1-c1ccccc1C(F)(F)F. The molecule has 5 nitrogen and oxygen atoms in total. The number of alkyl halides is 3. The molecule has 1 heterocycles. The van der Waals surface area contributed by atoms with Gasteiger partial charge in [0.2, 0.25) is 0 Å². The third kappa shape index (κ3) is 2.61. The Balaban J connectivity index is 2.72. The van der Waals surface area contributed by atoms with Crippen molar-refractivity contribution >= 4 is 10.0 Å². The van der Waals surface area contributed by atoms with Crippen LogP contribution in [0.2, 0.25) is 0 Å². The third-order valence-electron chi connectivity index (χ3n) is 2.34. The van der Waals surface area contributed by atoms with Crippen molar-refractivity contribution in [3.05, 3.63) is 42.1 Å². The molecule has 0 saturated carbocycles. The molecule has 0 fully saturated rings. The number of rotatable bonds is 2. The second-order valence-corrected chi connectivity index (χ2v) is 5.15. The van der Waals surface area contributed by atoms with Crippen molar-refractivity contribution in [3.8, 4) is 5.69 Å². The van der Waals surface area contributed by atoms with Gasteiger partial charge in [0.15, 0.2) is 5.03 Å². The normalized spacial score (nSPS) is 12.6. The first-order valence-electron chi connectivity index (χ1n) is 4.94. The molecule has 2 aromatic rings. The highest BCUT2D eigenvalue weighted by atomic mass is 32.2. The number of para-hydroxylation sites is 1. The summed E-state index contributed by atoms with van der Waals surface area (Å²) in [7, 11) is -4.17. The summed E-state index contributed by atoms with van der Waals surface area (Å²) in [5, 5.41) is 8.00. The highest BCUT2D eigenvalue weighted by molar-refractivity contribution is 7.89. The third-order valence-corrected chi connectivity index (χ3v) is 3.23. The van der Waals surface area contributed by atoms with Crippen LogP contribution in [0.1, 0.15) is 5.56 Å². The van der Waals surface area contributed by atoms with Gasteiger partial charge in [0.25, 0.3) is 10.0 Å². The van der Waals surface area contributed by atoms with Gasteiger partial charge in [-0.25, -0.2) is 18.2 Å². The zero-order valence-corrected chi connectivity index (χ0v) is 10.1. The van der Waals surface area contributed by atoms with E-state index in [9.17, 15) is 21.6 Å². The average molecular weight is 291 g/mol. The second kappa shape index (κ2) is 4.35. The highest BCUT2D eigenvalue weighted by Gasteiger charge is 2.34. The number of hydrogen-bond donors (Lipinski definition) is 1. The molecule has 0 spiro atoms. The summed E-state index contributed by atoms with van der Waals surface area (Å²) < 4.78 is 61.8. The molecule has 2 rings (SSSR count). The number of halogens is 3. The summed E-state index contributed by atoms with van der Waals surface area (Å²) in [6, 6.07) is 5.53. The van der Waals surface area contributed by atoms with Gasteiger partial charge in [-0.1, -0.05) is 12.1 Å². The molecule has 102 valence electrons. The van der Waals surface area contributed by atoms with Gasteiger partial charge in [0, 0.05) is 0 Å². The van der Waals surface area contributed by atoms with E-state index in [1.54, 1.807) is 0 Å². The van der Waals surface area contributed by atoms with Gasteiger partial charge >= 0.3 is 6.18 Å².